The third-order valence-corrected chi connectivity index (χ3v) is 6.80. The Kier molecular flexibility index (Phi) is 4.61. The van der Waals surface area contributed by atoms with Crippen LogP contribution < -0.4 is 9.46 Å². The Labute approximate surface area is 158 Å². The molecule has 4 rings (SSSR count). The van der Waals surface area contributed by atoms with Crippen molar-refractivity contribution in [2.24, 2.45) is 5.92 Å². The molecule has 2 aromatic rings. The molecule has 2 heterocycles. The molecule has 2 fully saturated rings. The molecule has 27 heavy (non-hydrogen) atoms. The zero-order valence-electron chi connectivity index (χ0n) is 14.9. The number of hydrogen-bond donors (Lipinski definition) is 1. The summed E-state index contributed by atoms with van der Waals surface area (Å²) in [6.07, 6.45) is 3.06. The molecule has 3 unspecified atom stereocenters. The average molecular weight is 387 g/mol. The van der Waals surface area contributed by atoms with Crippen LogP contribution in [0.5, 0.6) is 5.88 Å². The third kappa shape index (κ3) is 3.42. The lowest BCUT2D eigenvalue weighted by Gasteiger charge is -2.33. The number of pyridine rings is 1. The van der Waals surface area contributed by atoms with Crippen molar-refractivity contribution in [2.45, 2.75) is 29.8 Å². The maximum absolute atomic E-state index is 12.9. The minimum absolute atomic E-state index is 0.124. The molecule has 1 aliphatic heterocycles. The van der Waals surface area contributed by atoms with Gasteiger partial charge in [-0.15, -0.1) is 0 Å². The van der Waals surface area contributed by atoms with Gasteiger partial charge in [-0.25, -0.2) is 18.1 Å². The van der Waals surface area contributed by atoms with Gasteiger partial charge >= 0.3 is 0 Å². The highest BCUT2D eigenvalue weighted by Crippen LogP contribution is 2.39. The summed E-state index contributed by atoms with van der Waals surface area (Å²) in [5.41, 5.74) is 0.480. The Bertz CT molecular complexity index is 931. The molecule has 7 nitrogen and oxygen atoms in total. The van der Waals surface area contributed by atoms with Crippen molar-refractivity contribution >= 4 is 15.9 Å². The van der Waals surface area contributed by atoms with E-state index in [1.54, 1.807) is 47.4 Å². The van der Waals surface area contributed by atoms with Crippen LogP contribution in [0.1, 0.15) is 23.2 Å². The maximum Gasteiger partial charge on any atom is 0.255 e. The molecule has 1 saturated carbocycles. The van der Waals surface area contributed by atoms with Gasteiger partial charge in [0.2, 0.25) is 15.9 Å². The molecule has 8 heteroatoms. The van der Waals surface area contributed by atoms with Crippen LogP contribution in [0, 0.1) is 5.92 Å². The summed E-state index contributed by atoms with van der Waals surface area (Å²) in [5.74, 6) is 0.637. The van der Waals surface area contributed by atoms with E-state index >= 15 is 0 Å². The largest absolute Gasteiger partial charge is 0.481 e. The minimum Gasteiger partial charge on any atom is -0.481 e. The molecular weight excluding hydrogens is 366 g/mol. The Morgan fingerprint density at radius 2 is 1.96 bits per heavy atom. The molecule has 1 saturated heterocycles. The quantitative estimate of drug-likeness (QED) is 0.843. The van der Waals surface area contributed by atoms with Crippen LogP contribution >= 0.6 is 0 Å². The second-order valence-corrected chi connectivity index (χ2v) is 8.71. The summed E-state index contributed by atoms with van der Waals surface area (Å²) >= 11 is 0. The number of likely N-dealkylation sites (tertiary alicyclic amines) is 1. The number of benzene rings is 1. The standard InChI is InChI=1S/C19H21N3O4S/c1-26-18-8-7-14(11-20-18)19(23)22-12-13-9-16(17(22)10-13)21-27(24,25)15-5-3-2-4-6-15/h2-8,11,13,16-17,21H,9-10,12H2,1H3. The fraction of sp³-hybridized carbons (Fsp3) is 0.368. The van der Waals surface area contributed by atoms with Gasteiger partial charge < -0.3 is 9.64 Å². The van der Waals surface area contributed by atoms with Crippen molar-refractivity contribution in [3.05, 3.63) is 54.2 Å². The first-order valence-electron chi connectivity index (χ1n) is 8.86. The smallest absolute Gasteiger partial charge is 0.255 e. The van der Waals surface area contributed by atoms with E-state index in [0.29, 0.717) is 23.9 Å². The van der Waals surface area contributed by atoms with Crippen LogP contribution in [0.2, 0.25) is 0 Å². The highest BCUT2D eigenvalue weighted by molar-refractivity contribution is 7.89. The number of sulfonamides is 1. The van der Waals surface area contributed by atoms with Crippen molar-refractivity contribution in [1.82, 2.24) is 14.6 Å². The predicted molar refractivity (Wildman–Crippen MR) is 98.9 cm³/mol. The van der Waals surface area contributed by atoms with Crippen LogP contribution in [0.15, 0.2) is 53.6 Å². The number of rotatable bonds is 5. The van der Waals surface area contributed by atoms with E-state index in [9.17, 15) is 13.2 Å². The lowest BCUT2D eigenvalue weighted by Crippen LogP contribution is -2.51. The van der Waals surface area contributed by atoms with E-state index in [4.69, 9.17) is 4.74 Å². The Morgan fingerprint density at radius 1 is 1.19 bits per heavy atom. The molecule has 0 radical (unpaired) electrons. The average Bonchev–Trinajstić information content (AvgIpc) is 3.28. The summed E-state index contributed by atoms with van der Waals surface area (Å²) < 4.78 is 33.1. The van der Waals surface area contributed by atoms with Gasteiger partial charge in [-0.05, 0) is 37.0 Å². The van der Waals surface area contributed by atoms with Gasteiger partial charge in [-0.3, -0.25) is 4.79 Å². The van der Waals surface area contributed by atoms with Gasteiger partial charge in [0.25, 0.3) is 5.91 Å². The SMILES string of the molecule is COc1ccc(C(=O)N2CC3CC(NS(=O)(=O)c4ccccc4)C2C3)cn1. The molecule has 1 aliphatic carbocycles. The zero-order chi connectivity index (χ0) is 19.0. The normalized spacial score (nSPS) is 24.2. The first-order valence-corrected chi connectivity index (χ1v) is 10.3. The van der Waals surface area contributed by atoms with Crippen LogP contribution in [-0.2, 0) is 10.0 Å². The fourth-order valence-electron chi connectivity index (χ4n) is 4.05. The molecule has 2 bridgehead atoms. The number of methoxy groups -OCH3 is 1. The van der Waals surface area contributed by atoms with E-state index in [2.05, 4.69) is 9.71 Å². The van der Waals surface area contributed by atoms with Crippen LogP contribution in [0.25, 0.3) is 0 Å². The maximum atomic E-state index is 12.9. The van der Waals surface area contributed by atoms with Crippen molar-refractivity contribution in [3.63, 3.8) is 0 Å². The second kappa shape index (κ2) is 6.94. The molecule has 2 aliphatic rings. The molecule has 142 valence electrons. The van der Waals surface area contributed by atoms with Gasteiger partial charge in [0, 0.05) is 30.9 Å². The van der Waals surface area contributed by atoms with Crippen molar-refractivity contribution in [1.29, 1.82) is 0 Å². The van der Waals surface area contributed by atoms with Gasteiger partial charge in [0.15, 0.2) is 0 Å². The number of carbonyl (C=O) groups is 1. The predicted octanol–water partition coefficient (Wildman–Crippen LogP) is 1.67. The van der Waals surface area contributed by atoms with Gasteiger partial charge in [0.1, 0.15) is 0 Å². The molecule has 1 aromatic carbocycles. The van der Waals surface area contributed by atoms with Crippen LogP contribution in [0.3, 0.4) is 0 Å². The van der Waals surface area contributed by atoms with Crippen LogP contribution in [0.4, 0.5) is 0 Å². The van der Waals surface area contributed by atoms with Crippen LogP contribution in [-0.4, -0.2) is 49.9 Å². The number of hydrogen-bond acceptors (Lipinski definition) is 5. The van der Waals surface area contributed by atoms with Gasteiger partial charge in [0.05, 0.1) is 17.6 Å². The third-order valence-electron chi connectivity index (χ3n) is 5.30. The van der Waals surface area contributed by atoms with Crippen molar-refractivity contribution in [2.75, 3.05) is 13.7 Å². The Balaban J connectivity index is 1.50. The zero-order valence-corrected chi connectivity index (χ0v) is 15.7. The summed E-state index contributed by atoms with van der Waals surface area (Å²) in [6.45, 7) is 0.652. The first kappa shape index (κ1) is 17.9. The first-order chi connectivity index (χ1) is 13.0. The molecular formula is C19H21N3O4S. The minimum atomic E-state index is -3.61. The molecule has 1 aromatic heterocycles. The lowest BCUT2D eigenvalue weighted by molar-refractivity contribution is 0.0677. The Morgan fingerprint density at radius 3 is 2.59 bits per heavy atom. The summed E-state index contributed by atoms with van der Waals surface area (Å²) in [5, 5.41) is 0. The second-order valence-electron chi connectivity index (χ2n) is 6.99. The number of carbonyl (C=O) groups excluding carboxylic acids is 1. The van der Waals surface area contributed by atoms with Gasteiger partial charge in [-0.2, -0.15) is 0 Å². The number of nitrogens with zero attached hydrogens (tertiary/aromatic N) is 2. The fourth-order valence-corrected chi connectivity index (χ4v) is 5.35. The van der Waals surface area contributed by atoms with Crippen molar-refractivity contribution in [3.8, 4) is 5.88 Å². The number of nitrogens with one attached hydrogen (secondary N) is 1. The number of ether oxygens (including phenoxy) is 1. The summed E-state index contributed by atoms with van der Waals surface area (Å²) in [7, 11) is -2.09. The summed E-state index contributed by atoms with van der Waals surface area (Å²) in [6, 6.07) is 11.2. The van der Waals surface area contributed by atoms with E-state index in [-0.39, 0.29) is 22.9 Å². The van der Waals surface area contributed by atoms with Gasteiger partial charge in [-0.1, -0.05) is 18.2 Å². The number of amides is 1. The van der Waals surface area contributed by atoms with E-state index in [1.807, 2.05) is 0 Å². The lowest BCUT2D eigenvalue weighted by atomic mass is 10.1. The van der Waals surface area contributed by atoms with E-state index < -0.39 is 10.0 Å². The molecule has 0 spiro atoms. The monoisotopic (exact) mass is 387 g/mol. The molecule has 3 atom stereocenters. The number of aromatic nitrogens is 1. The van der Waals surface area contributed by atoms with Crippen molar-refractivity contribution < 1.29 is 17.9 Å². The molecule has 1 amide bonds. The number of fused-ring (bicyclic) bond motifs is 2. The topological polar surface area (TPSA) is 88.6 Å². The number of piperidine rings is 1. The molecule has 1 N–H and O–H groups in total. The summed E-state index contributed by atoms with van der Waals surface area (Å²) in [4.78, 5) is 19.0. The highest BCUT2D eigenvalue weighted by Gasteiger charge is 2.48. The highest BCUT2D eigenvalue weighted by atomic mass is 32.2. The van der Waals surface area contributed by atoms with E-state index in [1.165, 1.54) is 13.3 Å². The Hall–Kier alpha value is -2.45. The van der Waals surface area contributed by atoms with E-state index in [0.717, 1.165) is 12.8 Å².